The Morgan fingerprint density at radius 2 is 1.47 bits per heavy atom. The van der Waals surface area contributed by atoms with E-state index in [-0.39, 0.29) is 0 Å². The number of hydrogen-bond acceptors (Lipinski definition) is 5. The van der Waals surface area contributed by atoms with Gasteiger partial charge in [0.05, 0.1) is 22.8 Å². The zero-order valence-corrected chi connectivity index (χ0v) is 20.5. The maximum Gasteiger partial charge on any atom is 0.416 e. The van der Waals surface area contributed by atoms with Crippen molar-refractivity contribution >= 4 is 16.9 Å². The smallest absolute Gasteiger partial charge is 0.353 e. The van der Waals surface area contributed by atoms with Crippen molar-refractivity contribution in [3.05, 3.63) is 96.4 Å². The highest BCUT2D eigenvalue weighted by Crippen LogP contribution is 2.32. The number of H-pyrrole nitrogens is 1. The minimum Gasteiger partial charge on any atom is -0.353 e. The Morgan fingerprint density at radius 3 is 2.13 bits per heavy atom. The maximum absolute atomic E-state index is 13.0. The second kappa shape index (κ2) is 9.90. The predicted octanol–water partition coefficient (Wildman–Crippen LogP) is 6.03. The van der Waals surface area contributed by atoms with Crippen LogP contribution in [0.5, 0.6) is 0 Å². The third kappa shape index (κ3) is 5.10. The van der Waals surface area contributed by atoms with Crippen molar-refractivity contribution in [3.63, 3.8) is 0 Å². The van der Waals surface area contributed by atoms with E-state index in [9.17, 15) is 13.2 Å². The Balaban J connectivity index is 1.09. The average Bonchev–Trinajstić information content (AvgIpc) is 3.38. The first-order valence-corrected chi connectivity index (χ1v) is 12.4. The molecule has 6 rings (SSSR count). The molecule has 5 aromatic rings. The number of aromatic nitrogens is 4. The van der Waals surface area contributed by atoms with Gasteiger partial charge in [0.1, 0.15) is 11.6 Å². The van der Waals surface area contributed by atoms with Gasteiger partial charge in [0, 0.05) is 50.7 Å². The van der Waals surface area contributed by atoms with Crippen molar-refractivity contribution in [1.82, 2.24) is 24.8 Å². The predicted molar refractivity (Wildman–Crippen MR) is 141 cm³/mol. The summed E-state index contributed by atoms with van der Waals surface area (Å²) in [6.45, 7) is 4.70. The lowest BCUT2D eigenvalue weighted by molar-refractivity contribution is -0.137. The van der Waals surface area contributed by atoms with E-state index >= 15 is 0 Å². The lowest BCUT2D eigenvalue weighted by Crippen LogP contribution is -2.46. The zero-order valence-electron chi connectivity index (χ0n) is 20.5. The summed E-state index contributed by atoms with van der Waals surface area (Å²) in [5.41, 5.74) is 4.42. The van der Waals surface area contributed by atoms with Crippen LogP contribution in [0, 0.1) is 0 Å². The van der Waals surface area contributed by atoms with E-state index in [1.54, 1.807) is 12.4 Å². The summed E-state index contributed by atoms with van der Waals surface area (Å²) in [6, 6.07) is 20.0. The Hall–Kier alpha value is -4.24. The van der Waals surface area contributed by atoms with Crippen molar-refractivity contribution in [2.24, 2.45) is 0 Å². The molecule has 0 amide bonds. The van der Waals surface area contributed by atoms with Crippen molar-refractivity contribution in [1.29, 1.82) is 0 Å². The van der Waals surface area contributed by atoms with Crippen molar-refractivity contribution in [2.75, 3.05) is 31.1 Å². The van der Waals surface area contributed by atoms with Gasteiger partial charge >= 0.3 is 6.18 Å². The third-order valence-electron chi connectivity index (χ3n) is 6.91. The Kier molecular flexibility index (Phi) is 6.29. The number of anilines is 1. The second-order valence-corrected chi connectivity index (χ2v) is 9.42. The molecule has 1 N–H and O–H groups in total. The van der Waals surface area contributed by atoms with Gasteiger partial charge in [0.2, 0.25) is 0 Å². The lowest BCUT2D eigenvalue weighted by Gasteiger charge is -2.35. The summed E-state index contributed by atoms with van der Waals surface area (Å²) in [6.07, 6.45) is 0.844. The summed E-state index contributed by atoms with van der Waals surface area (Å²) < 4.78 is 39.1. The fraction of sp³-hybridized carbons (Fsp3) is 0.207. The molecule has 1 fully saturated rings. The van der Waals surface area contributed by atoms with E-state index in [2.05, 4.69) is 54.0 Å². The summed E-state index contributed by atoms with van der Waals surface area (Å²) in [5, 5.41) is 0. The van der Waals surface area contributed by atoms with Crippen LogP contribution in [0.25, 0.3) is 33.5 Å². The number of nitrogens with zero attached hydrogens (tertiary/aromatic N) is 5. The van der Waals surface area contributed by atoms with Crippen LogP contribution in [-0.2, 0) is 12.7 Å². The normalized spacial score (nSPS) is 14.8. The SMILES string of the molecule is FC(F)(F)c1ccc2nc(-c3ccc(-c4ccc(CN5CCN(c6cnccn6)CC5)cc4)cc3)[nH]c2c1. The van der Waals surface area contributed by atoms with Crippen LogP contribution in [0.1, 0.15) is 11.1 Å². The number of aromatic amines is 1. The molecule has 38 heavy (non-hydrogen) atoms. The molecule has 2 aromatic heterocycles. The number of piperazine rings is 1. The topological polar surface area (TPSA) is 60.9 Å². The first-order chi connectivity index (χ1) is 18.4. The number of hydrogen-bond donors (Lipinski definition) is 1. The van der Waals surface area contributed by atoms with E-state index in [1.807, 2.05) is 30.5 Å². The molecular weight excluding hydrogens is 489 g/mol. The maximum atomic E-state index is 13.0. The summed E-state index contributed by atoms with van der Waals surface area (Å²) >= 11 is 0. The number of rotatable bonds is 5. The van der Waals surface area contributed by atoms with Crippen LogP contribution in [0.4, 0.5) is 19.0 Å². The van der Waals surface area contributed by atoms with Crippen LogP contribution in [-0.4, -0.2) is 51.0 Å². The van der Waals surface area contributed by atoms with Crippen LogP contribution in [0.15, 0.2) is 85.3 Å². The standard InChI is InChI=1S/C29H25F3N6/c30-29(31,32)24-9-10-25-26(17-24)36-28(35-25)23-7-5-22(6-8-23)21-3-1-20(2-4-21)19-37-13-15-38(16-14-37)27-18-33-11-12-34-27/h1-12,17-18H,13-16,19H2,(H,35,36). The minimum atomic E-state index is -4.39. The summed E-state index contributed by atoms with van der Waals surface area (Å²) in [7, 11) is 0. The molecule has 0 atom stereocenters. The largest absolute Gasteiger partial charge is 0.416 e. The van der Waals surface area contributed by atoms with Crippen molar-refractivity contribution in [2.45, 2.75) is 12.7 Å². The Labute approximate surface area is 217 Å². The highest BCUT2D eigenvalue weighted by molar-refractivity contribution is 5.80. The first kappa shape index (κ1) is 24.1. The van der Waals surface area contributed by atoms with Crippen LogP contribution in [0.2, 0.25) is 0 Å². The van der Waals surface area contributed by atoms with Crippen LogP contribution in [0.3, 0.4) is 0 Å². The number of imidazole rings is 1. The van der Waals surface area contributed by atoms with Crippen molar-refractivity contribution < 1.29 is 13.2 Å². The molecule has 0 unspecified atom stereocenters. The van der Waals surface area contributed by atoms with Gasteiger partial charge in [-0.1, -0.05) is 48.5 Å². The van der Waals surface area contributed by atoms with E-state index in [1.165, 1.54) is 11.6 Å². The molecule has 1 aliphatic rings. The molecule has 3 aromatic carbocycles. The van der Waals surface area contributed by atoms with Gasteiger partial charge in [0.25, 0.3) is 0 Å². The molecule has 1 saturated heterocycles. The Morgan fingerprint density at radius 1 is 0.789 bits per heavy atom. The molecule has 0 bridgehead atoms. The monoisotopic (exact) mass is 514 g/mol. The van der Waals surface area contributed by atoms with Gasteiger partial charge in [0.15, 0.2) is 0 Å². The molecule has 0 spiro atoms. The molecule has 192 valence electrons. The van der Waals surface area contributed by atoms with Gasteiger partial charge in [-0.05, 0) is 34.9 Å². The van der Waals surface area contributed by atoms with Crippen LogP contribution >= 0.6 is 0 Å². The zero-order chi connectivity index (χ0) is 26.1. The minimum absolute atomic E-state index is 0.365. The number of fused-ring (bicyclic) bond motifs is 1. The van der Waals surface area contributed by atoms with Gasteiger partial charge in [-0.2, -0.15) is 13.2 Å². The number of nitrogens with one attached hydrogen (secondary N) is 1. The second-order valence-electron chi connectivity index (χ2n) is 9.42. The highest BCUT2D eigenvalue weighted by Gasteiger charge is 2.30. The molecule has 6 nitrogen and oxygen atoms in total. The molecule has 3 heterocycles. The van der Waals surface area contributed by atoms with Gasteiger partial charge in [-0.3, -0.25) is 9.88 Å². The van der Waals surface area contributed by atoms with Gasteiger partial charge < -0.3 is 9.88 Å². The van der Waals surface area contributed by atoms with E-state index < -0.39 is 11.7 Å². The fourth-order valence-corrected chi connectivity index (χ4v) is 4.79. The van der Waals surface area contributed by atoms with Gasteiger partial charge in [-0.25, -0.2) is 9.97 Å². The molecule has 9 heteroatoms. The average molecular weight is 515 g/mol. The van der Waals surface area contributed by atoms with Crippen LogP contribution < -0.4 is 4.90 Å². The van der Waals surface area contributed by atoms with E-state index in [0.29, 0.717) is 16.9 Å². The number of halogens is 3. The molecule has 0 saturated carbocycles. The molecular formula is C29H25F3N6. The quantitative estimate of drug-likeness (QED) is 0.311. The lowest BCUT2D eigenvalue weighted by atomic mass is 10.0. The van der Waals surface area contributed by atoms with Gasteiger partial charge in [-0.15, -0.1) is 0 Å². The third-order valence-corrected chi connectivity index (χ3v) is 6.91. The number of benzene rings is 3. The van der Waals surface area contributed by atoms with E-state index in [0.717, 1.165) is 67.4 Å². The molecule has 1 aliphatic heterocycles. The number of alkyl halides is 3. The fourth-order valence-electron chi connectivity index (χ4n) is 4.79. The van der Waals surface area contributed by atoms with E-state index in [4.69, 9.17) is 0 Å². The summed E-state index contributed by atoms with van der Waals surface area (Å²) in [5.74, 6) is 1.47. The molecule has 0 aliphatic carbocycles. The molecule has 0 radical (unpaired) electrons. The summed E-state index contributed by atoms with van der Waals surface area (Å²) in [4.78, 5) is 20.7. The first-order valence-electron chi connectivity index (χ1n) is 12.4. The Bertz CT molecular complexity index is 1520. The highest BCUT2D eigenvalue weighted by atomic mass is 19.4. The van der Waals surface area contributed by atoms with Crippen molar-refractivity contribution in [3.8, 4) is 22.5 Å².